The molecule has 2 aromatic rings. The first-order valence-corrected chi connectivity index (χ1v) is 8.14. The summed E-state index contributed by atoms with van der Waals surface area (Å²) < 4.78 is 18.8. The molecule has 3 rings (SSSR count). The molecule has 0 unspecified atom stereocenters. The van der Waals surface area contributed by atoms with Crippen LogP contribution in [0.3, 0.4) is 0 Å². The molecule has 0 aromatic heterocycles. The molecule has 2 amide bonds. The van der Waals surface area contributed by atoms with E-state index in [2.05, 4.69) is 5.32 Å². The van der Waals surface area contributed by atoms with Gasteiger partial charge in [-0.1, -0.05) is 18.2 Å². The molecule has 1 saturated heterocycles. The molecule has 0 bridgehead atoms. The lowest BCUT2D eigenvalue weighted by Gasteiger charge is -2.26. The van der Waals surface area contributed by atoms with E-state index >= 15 is 0 Å². The molecule has 0 aliphatic carbocycles. The standard InChI is InChI=1S/C19H19FN2O3/c20-17-4-2-1-3-16(17)13-21-18(23)14-5-7-15(8-6-14)19(24)22-9-11-25-12-10-22/h1-8H,9-13H2,(H,21,23). The van der Waals surface area contributed by atoms with Crippen LogP contribution in [0.1, 0.15) is 26.3 Å². The van der Waals surface area contributed by atoms with Crippen LogP contribution in [-0.4, -0.2) is 43.0 Å². The number of halogens is 1. The molecule has 2 aromatic carbocycles. The minimum atomic E-state index is -0.353. The average molecular weight is 342 g/mol. The summed E-state index contributed by atoms with van der Waals surface area (Å²) in [7, 11) is 0. The van der Waals surface area contributed by atoms with E-state index in [-0.39, 0.29) is 24.2 Å². The van der Waals surface area contributed by atoms with Crippen molar-refractivity contribution in [3.63, 3.8) is 0 Å². The largest absolute Gasteiger partial charge is 0.378 e. The highest BCUT2D eigenvalue weighted by Crippen LogP contribution is 2.10. The van der Waals surface area contributed by atoms with Crippen molar-refractivity contribution < 1.29 is 18.7 Å². The van der Waals surface area contributed by atoms with Crippen LogP contribution in [0.5, 0.6) is 0 Å². The fraction of sp³-hybridized carbons (Fsp3) is 0.263. The minimum Gasteiger partial charge on any atom is -0.378 e. The third-order valence-electron chi connectivity index (χ3n) is 4.09. The SMILES string of the molecule is O=C(NCc1ccccc1F)c1ccc(C(=O)N2CCOCC2)cc1. The average Bonchev–Trinajstić information content (AvgIpc) is 2.67. The first-order valence-electron chi connectivity index (χ1n) is 8.14. The van der Waals surface area contributed by atoms with E-state index in [0.29, 0.717) is 43.0 Å². The van der Waals surface area contributed by atoms with Crippen LogP contribution in [0.25, 0.3) is 0 Å². The van der Waals surface area contributed by atoms with E-state index in [1.165, 1.54) is 6.07 Å². The monoisotopic (exact) mass is 342 g/mol. The molecule has 1 fully saturated rings. The molecule has 0 radical (unpaired) electrons. The number of rotatable bonds is 4. The van der Waals surface area contributed by atoms with Gasteiger partial charge in [0, 0.05) is 36.3 Å². The molecule has 25 heavy (non-hydrogen) atoms. The van der Waals surface area contributed by atoms with Crippen LogP contribution >= 0.6 is 0 Å². The zero-order valence-corrected chi connectivity index (χ0v) is 13.7. The number of nitrogens with one attached hydrogen (secondary N) is 1. The topological polar surface area (TPSA) is 58.6 Å². The Morgan fingerprint density at radius 2 is 1.64 bits per heavy atom. The van der Waals surface area contributed by atoms with Gasteiger partial charge in [0.05, 0.1) is 13.2 Å². The summed E-state index contributed by atoms with van der Waals surface area (Å²) in [5, 5.41) is 2.68. The zero-order chi connectivity index (χ0) is 17.6. The smallest absolute Gasteiger partial charge is 0.254 e. The third-order valence-corrected chi connectivity index (χ3v) is 4.09. The quantitative estimate of drug-likeness (QED) is 0.927. The molecule has 130 valence electrons. The summed E-state index contributed by atoms with van der Waals surface area (Å²) in [6.07, 6.45) is 0. The van der Waals surface area contributed by atoms with Gasteiger partial charge in [-0.05, 0) is 30.3 Å². The van der Waals surface area contributed by atoms with Crippen LogP contribution in [0, 0.1) is 5.82 Å². The normalized spacial score (nSPS) is 14.2. The fourth-order valence-electron chi connectivity index (χ4n) is 2.63. The number of hydrogen-bond acceptors (Lipinski definition) is 3. The van der Waals surface area contributed by atoms with Gasteiger partial charge in [-0.3, -0.25) is 9.59 Å². The van der Waals surface area contributed by atoms with Crippen molar-refractivity contribution in [2.75, 3.05) is 26.3 Å². The highest BCUT2D eigenvalue weighted by molar-refractivity contribution is 5.97. The molecular formula is C19H19FN2O3. The van der Waals surface area contributed by atoms with Gasteiger partial charge in [-0.25, -0.2) is 4.39 Å². The maximum absolute atomic E-state index is 13.6. The Labute approximate surface area is 145 Å². The van der Waals surface area contributed by atoms with Crippen LogP contribution in [0.15, 0.2) is 48.5 Å². The molecule has 0 spiro atoms. The maximum atomic E-state index is 13.6. The molecule has 0 saturated carbocycles. The van der Waals surface area contributed by atoms with Crippen molar-refractivity contribution in [2.45, 2.75) is 6.54 Å². The van der Waals surface area contributed by atoms with E-state index in [4.69, 9.17) is 4.74 Å². The molecule has 1 aliphatic rings. The summed E-state index contributed by atoms with van der Waals surface area (Å²) in [6, 6.07) is 12.8. The van der Waals surface area contributed by atoms with Gasteiger partial charge in [-0.15, -0.1) is 0 Å². The van der Waals surface area contributed by atoms with Gasteiger partial charge in [-0.2, -0.15) is 0 Å². The Morgan fingerprint density at radius 3 is 2.32 bits per heavy atom. The van der Waals surface area contributed by atoms with Crippen LogP contribution in [0.4, 0.5) is 4.39 Å². The highest BCUT2D eigenvalue weighted by atomic mass is 19.1. The summed E-state index contributed by atoms with van der Waals surface area (Å²) in [5.41, 5.74) is 1.39. The number of ether oxygens (including phenoxy) is 1. The number of carbonyl (C=O) groups is 2. The van der Waals surface area contributed by atoms with E-state index in [1.54, 1.807) is 47.4 Å². The Hall–Kier alpha value is -2.73. The van der Waals surface area contributed by atoms with Crippen molar-refractivity contribution >= 4 is 11.8 Å². The highest BCUT2D eigenvalue weighted by Gasteiger charge is 2.18. The molecule has 1 heterocycles. The van der Waals surface area contributed by atoms with Crippen LogP contribution in [0.2, 0.25) is 0 Å². The first kappa shape index (κ1) is 17.1. The van der Waals surface area contributed by atoms with Gasteiger partial charge in [0.1, 0.15) is 5.82 Å². The maximum Gasteiger partial charge on any atom is 0.254 e. The molecular weight excluding hydrogens is 323 g/mol. The van der Waals surface area contributed by atoms with Gasteiger partial charge in [0.15, 0.2) is 0 Å². The number of amides is 2. The van der Waals surface area contributed by atoms with E-state index < -0.39 is 0 Å². The Morgan fingerprint density at radius 1 is 1.00 bits per heavy atom. The molecule has 1 N–H and O–H groups in total. The number of morpholine rings is 1. The van der Waals surface area contributed by atoms with Crippen molar-refractivity contribution in [3.8, 4) is 0 Å². The van der Waals surface area contributed by atoms with Crippen molar-refractivity contribution in [1.29, 1.82) is 0 Å². The third kappa shape index (κ3) is 4.22. The molecule has 6 heteroatoms. The van der Waals surface area contributed by atoms with Gasteiger partial charge in [0.2, 0.25) is 0 Å². The summed E-state index contributed by atoms with van der Waals surface area (Å²) in [5.74, 6) is -0.732. The fourth-order valence-corrected chi connectivity index (χ4v) is 2.63. The number of nitrogens with zero attached hydrogens (tertiary/aromatic N) is 1. The van der Waals surface area contributed by atoms with Crippen LogP contribution < -0.4 is 5.32 Å². The van der Waals surface area contributed by atoms with Crippen molar-refractivity contribution in [3.05, 3.63) is 71.0 Å². The van der Waals surface area contributed by atoms with Gasteiger partial charge < -0.3 is 15.0 Å². The molecule has 1 aliphatic heterocycles. The number of hydrogen-bond donors (Lipinski definition) is 1. The van der Waals surface area contributed by atoms with Gasteiger partial charge in [0.25, 0.3) is 11.8 Å². The van der Waals surface area contributed by atoms with E-state index in [0.717, 1.165) is 0 Å². The summed E-state index contributed by atoms with van der Waals surface area (Å²) >= 11 is 0. The molecule has 5 nitrogen and oxygen atoms in total. The lowest BCUT2D eigenvalue weighted by molar-refractivity contribution is 0.0303. The van der Waals surface area contributed by atoms with E-state index in [9.17, 15) is 14.0 Å². The second-order valence-electron chi connectivity index (χ2n) is 5.76. The van der Waals surface area contributed by atoms with Crippen molar-refractivity contribution in [1.82, 2.24) is 10.2 Å². The van der Waals surface area contributed by atoms with Crippen LogP contribution in [-0.2, 0) is 11.3 Å². The molecule has 0 atom stereocenters. The summed E-state index contributed by atoms with van der Waals surface area (Å²) in [4.78, 5) is 26.3. The minimum absolute atomic E-state index is 0.0679. The van der Waals surface area contributed by atoms with Gasteiger partial charge >= 0.3 is 0 Å². The Kier molecular flexibility index (Phi) is 5.40. The number of benzene rings is 2. The lowest BCUT2D eigenvalue weighted by Crippen LogP contribution is -2.40. The van der Waals surface area contributed by atoms with Crippen molar-refractivity contribution in [2.24, 2.45) is 0 Å². The predicted octanol–water partition coefficient (Wildman–Crippen LogP) is 2.23. The second-order valence-corrected chi connectivity index (χ2v) is 5.76. The summed E-state index contributed by atoms with van der Waals surface area (Å²) in [6.45, 7) is 2.35. The second kappa shape index (κ2) is 7.90. The van der Waals surface area contributed by atoms with E-state index in [1.807, 2.05) is 0 Å². The first-order chi connectivity index (χ1) is 12.1. The lowest BCUT2D eigenvalue weighted by atomic mass is 10.1. The predicted molar refractivity (Wildman–Crippen MR) is 90.7 cm³/mol. The Balaban J connectivity index is 1.60. The zero-order valence-electron chi connectivity index (χ0n) is 13.7. The number of carbonyl (C=O) groups excluding carboxylic acids is 2. The Bertz CT molecular complexity index is 756.